The fourth-order valence-electron chi connectivity index (χ4n) is 8.77. The molecule has 4 atom stereocenters. The summed E-state index contributed by atoms with van der Waals surface area (Å²) in [6.07, 6.45) is 6.21. The number of esters is 1. The number of carbonyl (C=O) groups is 2. The van der Waals surface area contributed by atoms with Crippen LogP contribution in [0.4, 0.5) is 0 Å². The molecule has 0 spiro atoms. The van der Waals surface area contributed by atoms with Gasteiger partial charge in [0.25, 0.3) is 0 Å². The highest BCUT2D eigenvalue weighted by molar-refractivity contribution is 6.42. The minimum absolute atomic E-state index is 0.148. The van der Waals surface area contributed by atoms with E-state index in [1.807, 2.05) is 74.5 Å². The zero-order valence-electron chi connectivity index (χ0n) is 36.2. The molecule has 0 saturated carbocycles. The van der Waals surface area contributed by atoms with Crippen molar-refractivity contribution in [2.75, 3.05) is 13.7 Å². The Morgan fingerprint density at radius 3 is 2.45 bits per heavy atom. The summed E-state index contributed by atoms with van der Waals surface area (Å²) in [5.41, 5.74) is 10.9. The number of hydrogen-bond donors (Lipinski definition) is 1. The number of fused-ring (bicyclic) bond motifs is 2. The Morgan fingerprint density at radius 1 is 0.891 bits per heavy atom. The van der Waals surface area contributed by atoms with E-state index in [1.165, 1.54) is 12.7 Å². The van der Waals surface area contributed by atoms with E-state index >= 15 is 0 Å². The van der Waals surface area contributed by atoms with E-state index in [-0.39, 0.29) is 24.3 Å². The third-order valence-corrected chi connectivity index (χ3v) is 13.5. The van der Waals surface area contributed by atoms with Crippen molar-refractivity contribution in [3.63, 3.8) is 0 Å². The highest BCUT2D eigenvalue weighted by Crippen LogP contribution is 2.38. The van der Waals surface area contributed by atoms with Crippen LogP contribution in [0, 0.1) is 13.8 Å². The average molecular weight is 919 g/mol. The van der Waals surface area contributed by atoms with E-state index in [4.69, 9.17) is 49.0 Å². The fraction of sp³-hybridized carbons (Fsp3) is 0.314. The number of rotatable bonds is 13. The third-order valence-electron chi connectivity index (χ3n) is 12.5. The van der Waals surface area contributed by atoms with E-state index in [0.717, 1.165) is 81.1 Å². The number of ether oxygens (including phenoxy) is 3. The maximum atomic E-state index is 14.5. The van der Waals surface area contributed by atoms with Gasteiger partial charge >= 0.3 is 5.97 Å². The maximum absolute atomic E-state index is 14.5. The molecule has 1 amide bonds. The second kappa shape index (κ2) is 20.1. The first-order valence-electron chi connectivity index (χ1n) is 21.6. The van der Waals surface area contributed by atoms with Crippen molar-refractivity contribution < 1.29 is 23.8 Å². The molecule has 4 heterocycles. The molecule has 13 heteroatoms. The first-order chi connectivity index (χ1) is 31.0. The normalized spacial score (nSPS) is 16.9. The third kappa shape index (κ3) is 10.2. The zero-order valence-corrected chi connectivity index (χ0v) is 38.5. The minimum atomic E-state index is -0.978. The molecule has 0 saturated heterocycles. The molecule has 2 unspecified atom stereocenters. The number of nitrogens with one attached hydrogen (secondary N) is 1. The Balaban J connectivity index is 1.00. The molecule has 0 radical (unpaired) electrons. The standard InChI is InChI=1S/C51H50Cl3N5O5/c1-5-48(36-12-15-43(52)45(54)24-36)64-41-13-10-32(11-14-41)33-17-20-63-49-27-37-26-47(59(28-39(37)22-38(49)21-33)29-40-7-6-18-56-58-40)50(60)57-46(51(61)62-4)25-35-9-8-34(23-44(35)53)42-16-19-55-31(3)30(42)2/h6-16,18-19,22-24,27,33,46-48H,5,17,20-21,25-26,28-29H2,1-4H3,(H,57,60)/t33?,46-,47-,48?/m0/s1. The largest absolute Gasteiger partial charge is 0.493 e. The lowest BCUT2D eigenvalue weighted by molar-refractivity contribution is -0.146. The van der Waals surface area contributed by atoms with Gasteiger partial charge < -0.3 is 19.5 Å². The number of aromatic nitrogens is 3. The van der Waals surface area contributed by atoms with Gasteiger partial charge in [0.15, 0.2) is 0 Å². The lowest BCUT2D eigenvalue weighted by Crippen LogP contribution is -2.54. The molecule has 330 valence electrons. The summed E-state index contributed by atoms with van der Waals surface area (Å²) in [4.78, 5) is 34.3. The fourth-order valence-corrected chi connectivity index (χ4v) is 9.33. The van der Waals surface area contributed by atoms with Gasteiger partial charge in [-0.2, -0.15) is 10.2 Å². The molecule has 64 heavy (non-hydrogen) atoms. The summed E-state index contributed by atoms with van der Waals surface area (Å²) in [6, 6.07) is 28.2. The number of benzene rings is 4. The first kappa shape index (κ1) is 45.1. The van der Waals surface area contributed by atoms with Crippen LogP contribution in [-0.2, 0) is 46.7 Å². The van der Waals surface area contributed by atoms with Crippen molar-refractivity contribution in [2.45, 2.75) is 90.1 Å². The number of hydrogen-bond acceptors (Lipinski definition) is 9. The van der Waals surface area contributed by atoms with Gasteiger partial charge in [0.05, 0.1) is 35.5 Å². The van der Waals surface area contributed by atoms with Gasteiger partial charge in [-0.3, -0.25) is 14.7 Å². The van der Waals surface area contributed by atoms with Crippen LogP contribution in [0.1, 0.15) is 82.1 Å². The monoisotopic (exact) mass is 917 g/mol. The van der Waals surface area contributed by atoms with Gasteiger partial charge in [0.1, 0.15) is 23.6 Å². The van der Waals surface area contributed by atoms with E-state index in [1.54, 1.807) is 18.5 Å². The molecule has 6 aromatic rings. The number of carbonyl (C=O) groups excluding carboxylic acids is 2. The molecule has 0 aliphatic carbocycles. The Kier molecular flexibility index (Phi) is 14.2. The number of amides is 1. The number of aryl methyl sites for hydroxylation is 1. The van der Waals surface area contributed by atoms with Crippen LogP contribution >= 0.6 is 34.8 Å². The van der Waals surface area contributed by atoms with E-state index in [0.29, 0.717) is 46.7 Å². The minimum Gasteiger partial charge on any atom is -0.493 e. The van der Waals surface area contributed by atoms with E-state index < -0.39 is 18.1 Å². The number of nitrogens with zero attached hydrogens (tertiary/aromatic N) is 4. The van der Waals surface area contributed by atoms with Crippen molar-refractivity contribution >= 4 is 46.7 Å². The van der Waals surface area contributed by atoms with Crippen molar-refractivity contribution in [1.29, 1.82) is 0 Å². The van der Waals surface area contributed by atoms with Crippen LogP contribution in [0.2, 0.25) is 15.1 Å². The highest BCUT2D eigenvalue weighted by Gasteiger charge is 2.36. The summed E-state index contributed by atoms with van der Waals surface area (Å²) in [5.74, 6) is 0.982. The summed E-state index contributed by atoms with van der Waals surface area (Å²) in [7, 11) is 1.32. The Morgan fingerprint density at radius 2 is 1.72 bits per heavy atom. The molecule has 10 nitrogen and oxygen atoms in total. The molecule has 2 aliphatic heterocycles. The molecule has 2 aliphatic rings. The SMILES string of the molecule is CCC(Oc1ccc(C2CCOc3cc4c(cc3C2)CN(Cc2cccnn2)[C@H](C(=O)N[C@@H](Cc2ccc(-c3ccnc(C)c3C)cc2Cl)C(=O)OC)C4)cc1)c1ccc(Cl)c(Cl)c1. The maximum Gasteiger partial charge on any atom is 0.328 e. The number of methoxy groups -OCH3 is 1. The van der Waals surface area contributed by atoms with Crippen molar-refractivity contribution in [3.05, 3.63) is 169 Å². The molecule has 0 bridgehead atoms. The van der Waals surface area contributed by atoms with Crippen molar-refractivity contribution in [2.24, 2.45) is 0 Å². The van der Waals surface area contributed by atoms with Crippen LogP contribution in [0.3, 0.4) is 0 Å². The summed E-state index contributed by atoms with van der Waals surface area (Å²) in [6.45, 7) is 7.50. The zero-order chi connectivity index (χ0) is 44.9. The van der Waals surface area contributed by atoms with Gasteiger partial charge in [-0.25, -0.2) is 4.79 Å². The van der Waals surface area contributed by atoms with Crippen LogP contribution in [0.5, 0.6) is 11.5 Å². The summed E-state index contributed by atoms with van der Waals surface area (Å²) in [5, 5.41) is 13.0. The molecular formula is C51H50Cl3N5O5. The van der Waals surface area contributed by atoms with Gasteiger partial charge in [-0.1, -0.05) is 78.1 Å². The Hall–Kier alpha value is -5.52. The van der Waals surface area contributed by atoms with Crippen LogP contribution in [0.15, 0.2) is 103 Å². The molecular weight excluding hydrogens is 869 g/mol. The van der Waals surface area contributed by atoms with Gasteiger partial charge in [0, 0.05) is 42.6 Å². The second-order valence-corrected chi connectivity index (χ2v) is 17.7. The lowest BCUT2D eigenvalue weighted by atomic mass is 9.86. The lowest BCUT2D eigenvalue weighted by Gasteiger charge is -2.36. The predicted molar refractivity (Wildman–Crippen MR) is 250 cm³/mol. The van der Waals surface area contributed by atoms with Crippen molar-refractivity contribution in [1.82, 2.24) is 25.4 Å². The number of halogens is 3. The van der Waals surface area contributed by atoms with Crippen LogP contribution in [0.25, 0.3) is 11.1 Å². The molecule has 8 rings (SSSR count). The Bertz CT molecular complexity index is 2650. The highest BCUT2D eigenvalue weighted by atomic mass is 35.5. The molecule has 4 aromatic carbocycles. The molecule has 2 aromatic heterocycles. The quantitative estimate of drug-likeness (QED) is 0.113. The van der Waals surface area contributed by atoms with Crippen molar-refractivity contribution in [3.8, 4) is 22.6 Å². The van der Waals surface area contributed by atoms with Gasteiger partial charge in [0.2, 0.25) is 5.91 Å². The Labute approximate surface area is 389 Å². The van der Waals surface area contributed by atoms with Gasteiger partial charge in [-0.15, -0.1) is 0 Å². The first-order valence-corrected chi connectivity index (χ1v) is 22.7. The van der Waals surface area contributed by atoms with Gasteiger partial charge in [-0.05, 0) is 150 Å². The number of pyridine rings is 1. The van der Waals surface area contributed by atoms with Crippen LogP contribution < -0.4 is 14.8 Å². The summed E-state index contributed by atoms with van der Waals surface area (Å²) >= 11 is 19.3. The molecule has 0 fully saturated rings. The van der Waals surface area contributed by atoms with Crippen LogP contribution in [-0.4, -0.2) is 57.8 Å². The second-order valence-electron chi connectivity index (χ2n) is 16.5. The molecule has 1 N–H and O–H groups in total. The topological polar surface area (TPSA) is 116 Å². The smallest absolute Gasteiger partial charge is 0.328 e. The average Bonchev–Trinajstić information content (AvgIpc) is 3.51. The predicted octanol–water partition coefficient (Wildman–Crippen LogP) is 10.6. The van der Waals surface area contributed by atoms with E-state index in [9.17, 15) is 9.59 Å². The summed E-state index contributed by atoms with van der Waals surface area (Å²) < 4.78 is 18.0. The van der Waals surface area contributed by atoms with E-state index in [2.05, 4.69) is 56.6 Å².